The number of nitrogens with zero attached hydrogens (tertiary/aromatic N) is 2. The van der Waals surface area contributed by atoms with Crippen molar-refractivity contribution in [3.05, 3.63) is 89.0 Å². The fourth-order valence-corrected chi connectivity index (χ4v) is 4.74. The maximum absolute atomic E-state index is 13.7. The summed E-state index contributed by atoms with van der Waals surface area (Å²) >= 11 is 0. The number of rotatable bonds is 6. The van der Waals surface area contributed by atoms with Crippen LogP contribution in [0.5, 0.6) is 0 Å². The molecule has 1 heterocycles. The van der Waals surface area contributed by atoms with E-state index in [1.165, 1.54) is 17.1 Å². The number of hydrogen-bond donors (Lipinski definition) is 0. The number of alkyl halides is 3. The Hall–Kier alpha value is -3.08. The molecule has 3 nitrogen and oxygen atoms in total. The number of piperidine rings is 1. The first-order valence-electron chi connectivity index (χ1n) is 11.7. The summed E-state index contributed by atoms with van der Waals surface area (Å²) in [6, 6.07) is 21.1. The SMILES string of the molecule is Bc1cccc(C2(COCc3cc(-c4ccc(C#N)cc4)cc(C(F)(F)F)c3)CCN(C)CC2)c1. The molecule has 1 saturated heterocycles. The van der Waals surface area contributed by atoms with Gasteiger partial charge in [0.1, 0.15) is 7.85 Å². The highest BCUT2D eigenvalue weighted by Gasteiger charge is 2.36. The predicted molar refractivity (Wildman–Crippen MR) is 134 cm³/mol. The molecule has 1 aliphatic heterocycles. The van der Waals surface area contributed by atoms with Gasteiger partial charge in [0.05, 0.1) is 30.4 Å². The van der Waals surface area contributed by atoms with E-state index >= 15 is 0 Å². The van der Waals surface area contributed by atoms with E-state index in [0.29, 0.717) is 28.9 Å². The minimum atomic E-state index is -4.46. The van der Waals surface area contributed by atoms with Gasteiger partial charge in [0.2, 0.25) is 0 Å². The fourth-order valence-electron chi connectivity index (χ4n) is 4.74. The molecular formula is C28H28BF3N2O. The minimum Gasteiger partial charge on any atom is -0.376 e. The van der Waals surface area contributed by atoms with Crippen molar-refractivity contribution in [2.75, 3.05) is 26.7 Å². The Balaban J connectivity index is 1.58. The molecule has 35 heavy (non-hydrogen) atoms. The van der Waals surface area contributed by atoms with Crippen molar-refractivity contribution in [3.63, 3.8) is 0 Å². The van der Waals surface area contributed by atoms with Crippen LogP contribution >= 0.6 is 0 Å². The summed E-state index contributed by atoms with van der Waals surface area (Å²) in [6.45, 7) is 2.44. The molecule has 0 aromatic heterocycles. The van der Waals surface area contributed by atoms with Crippen LogP contribution in [0.2, 0.25) is 0 Å². The van der Waals surface area contributed by atoms with Gasteiger partial charge in [-0.25, -0.2) is 0 Å². The Morgan fingerprint density at radius 3 is 2.34 bits per heavy atom. The molecule has 0 saturated carbocycles. The molecule has 0 spiro atoms. The van der Waals surface area contributed by atoms with Crippen molar-refractivity contribution in [2.24, 2.45) is 0 Å². The van der Waals surface area contributed by atoms with Crippen molar-refractivity contribution < 1.29 is 17.9 Å². The third kappa shape index (κ3) is 5.95. The van der Waals surface area contributed by atoms with Crippen LogP contribution in [0.3, 0.4) is 0 Å². The number of ether oxygens (including phenoxy) is 1. The Labute approximate surface area is 205 Å². The van der Waals surface area contributed by atoms with Crippen LogP contribution in [-0.4, -0.2) is 39.5 Å². The van der Waals surface area contributed by atoms with Crippen molar-refractivity contribution in [3.8, 4) is 17.2 Å². The summed E-state index contributed by atoms with van der Waals surface area (Å²) < 4.78 is 47.1. The molecule has 3 aromatic rings. The molecule has 0 N–H and O–H groups in total. The first-order chi connectivity index (χ1) is 16.7. The van der Waals surface area contributed by atoms with E-state index in [9.17, 15) is 13.2 Å². The van der Waals surface area contributed by atoms with Crippen LogP contribution in [0.25, 0.3) is 11.1 Å². The second kappa shape index (κ2) is 10.3. The van der Waals surface area contributed by atoms with Crippen LogP contribution in [-0.2, 0) is 22.9 Å². The van der Waals surface area contributed by atoms with Gasteiger partial charge < -0.3 is 9.64 Å². The van der Waals surface area contributed by atoms with Gasteiger partial charge in [0.15, 0.2) is 0 Å². The van der Waals surface area contributed by atoms with E-state index in [2.05, 4.69) is 44.1 Å². The van der Waals surface area contributed by atoms with Gasteiger partial charge in [-0.05, 0) is 85.6 Å². The first kappa shape index (κ1) is 25.0. The molecule has 180 valence electrons. The lowest BCUT2D eigenvalue weighted by atomic mass is 9.72. The molecule has 0 atom stereocenters. The molecule has 4 rings (SSSR count). The Morgan fingerprint density at radius 2 is 1.71 bits per heavy atom. The highest BCUT2D eigenvalue weighted by Crippen LogP contribution is 2.37. The summed E-state index contributed by atoms with van der Waals surface area (Å²) in [5.41, 5.74) is 3.58. The Bertz CT molecular complexity index is 1210. The molecule has 0 aliphatic carbocycles. The summed E-state index contributed by atoms with van der Waals surface area (Å²) in [7, 11) is 4.18. The van der Waals surface area contributed by atoms with Crippen LogP contribution in [0.15, 0.2) is 66.7 Å². The number of benzene rings is 3. The molecule has 1 aliphatic rings. The lowest BCUT2D eigenvalue weighted by Crippen LogP contribution is -2.44. The van der Waals surface area contributed by atoms with Crippen LogP contribution in [0.1, 0.15) is 35.1 Å². The zero-order chi connectivity index (χ0) is 25.1. The maximum atomic E-state index is 13.7. The summed E-state index contributed by atoms with van der Waals surface area (Å²) in [6.07, 6.45) is -2.59. The quantitative estimate of drug-likeness (QED) is 0.485. The molecule has 0 unspecified atom stereocenters. The van der Waals surface area contributed by atoms with E-state index in [0.717, 1.165) is 32.0 Å². The number of likely N-dealkylation sites (tertiary alicyclic amines) is 1. The molecule has 0 bridgehead atoms. The third-order valence-corrected chi connectivity index (χ3v) is 6.89. The summed E-state index contributed by atoms with van der Waals surface area (Å²) in [5.74, 6) is 0. The van der Waals surface area contributed by atoms with E-state index in [-0.39, 0.29) is 12.0 Å². The normalized spacial score (nSPS) is 16.1. The zero-order valence-corrected chi connectivity index (χ0v) is 20.0. The average molecular weight is 476 g/mol. The summed E-state index contributed by atoms with van der Waals surface area (Å²) in [5, 5.41) is 9.01. The van der Waals surface area contributed by atoms with E-state index < -0.39 is 11.7 Å². The molecule has 0 amide bonds. The lowest BCUT2D eigenvalue weighted by Gasteiger charge is -2.41. The lowest BCUT2D eigenvalue weighted by molar-refractivity contribution is -0.137. The first-order valence-corrected chi connectivity index (χ1v) is 11.7. The molecular weight excluding hydrogens is 448 g/mol. The van der Waals surface area contributed by atoms with Crippen molar-refractivity contribution in [1.29, 1.82) is 5.26 Å². The van der Waals surface area contributed by atoms with Crippen LogP contribution in [0.4, 0.5) is 13.2 Å². The topological polar surface area (TPSA) is 36.3 Å². The van der Waals surface area contributed by atoms with Gasteiger partial charge in [0, 0.05) is 5.41 Å². The second-order valence-electron chi connectivity index (χ2n) is 9.55. The molecule has 7 heteroatoms. The van der Waals surface area contributed by atoms with E-state index in [4.69, 9.17) is 10.00 Å². The molecule has 0 radical (unpaired) electrons. The number of hydrogen-bond acceptors (Lipinski definition) is 3. The monoisotopic (exact) mass is 476 g/mol. The minimum absolute atomic E-state index is 0.0939. The van der Waals surface area contributed by atoms with E-state index in [1.807, 2.05) is 6.07 Å². The Kier molecular flexibility index (Phi) is 7.35. The van der Waals surface area contributed by atoms with Crippen molar-refractivity contribution >= 4 is 13.3 Å². The predicted octanol–water partition coefficient (Wildman–Crippen LogP) is 4.68. The highest BCUT2D eigenvalue weighted by molar-refractivity contribution is 6.32. The molecule has 1 fully saturated rings. The fraction of sp³-hybridized carbons (Fsp3) is 0.321. The van der Waals surface area contributed by atoms with Gasteiger partial charge >= 0.3 is 6.18 Å². The average Bonchev–Trinajstić information content (AvgIpc) is 2.85. The van der Waals surface area contributed by atoms with E-state index in [1.54, 1.807) is 30.3 Å². The zero-order valence-electron chi connectivity index (χ0n) is 20.0. The Morgan fingerprint density at radius 1 is 1.00 bits per heavy atom. The van der Waals surface area contributed by atoms with Crippen LogP contribution in [0, 0.1) is 11.3 Å². The van der Waals surface area contributed by atoms with Crippen molar-refractivity contribution in [1.82, 2.24) is 4.90 Å². The van der Waals surface area contributed by atoms with Gasteiger partial charge in [-0.2, -0.15) is 18.4 Å². The number of halogens is 3. The second-order valence-corrected chi connectivity index (χ2v) is 9.55. The summed E-state index contributed by atoms with van der Waals surface area (Å²) in [4.78, 5) is 2.30. The van der Waals surface area contributed by atoms with Gasteiger partial charge in [-0.1, -0.05) is 41.9 Å². The third-order valence-electron chi connectivity index (χ3n) is 6.89. The van der Waals surface area contributed by atoms with Gasteiger partial charge in [-0.3, -0.25) is 0 Å². The maximum Gasteiger partial charge on any atom is 0.416 e. The van der Waals surface area contributed by atoms with Crippen LogP contribution < -0.4 is 5.46 Å². The number of nitriles is 1. The standard InChI is InChI=1S/C28H28BF3N2O/c1-34-11-9-27(10-12-34,24-3-2-4-26(29)16-24)19-35-18-21-13-23(15-25(14-21)28(30,31)32)22-7-5-20(17-33)6-8-22/h2-8,13-16H,9-12,18-19,29H2,1H3. The van der Waals surface area contributed by atoms with Gasteiger partial charge in [0.25, 0.3) is 0 Å². The van der Waals surface area contributed by atoms with Gasteiger partial charge in [-0.15, -0.1) is 0 Å². The highest BCUT2D eigenvalue weighted by atomic mass is 19.4. The molecule has 3 aromatic carbocycles. The largest absolute Gasteiger partial charge is 0.416 e. The smallest absolute Gasteiger partial charge is 0.376 e. The van der Waals surface area contributed by atoms with Crippen molar-refractivity contribution in [2.45, 2.75) is 31.0 Å².